The lowest BCUT2D eigenvalue weighted by Crippen LogP contribution is -2.09. The molecular weight excluding hydrogens is 264 g/mol. The number of benzene rings is 1. The Morgan fingerprint density at radius 3 is 1.55 bits per heavy atom. The lowest BCUT2D eigenvalue weighted by atomic mass is 10.1. The van der Waals surface area contributed by atoms with E-state index in [-0.39, 0.29) is 35.8 Å². The van der Waals surface area contributed by atoms with Crippen LogP contribution in [0.4, 0.5) is 0 Å². The quantitative estimate of drug-likeness (QED) is 0.755. The van der Waals surface area contributed by atoms with Crippen molar-refractivity contribution < 1.29 is 29.3 Å². The van der Waals surface area contributed by atoms with Gasteiger partial charge in [0.2, 0.25) is 0 Å². The van der Waals surface area contributed by atoms with Gasteiger partial charge in [0.1, 0.15) is 35.8 Å². The van der Waals surface area contributed by atoms with Crippen LogP contribution in [-0.2, 0) is 0 Å². The Bertz CT molecular complexity index is 562. The lowest BCUT2D eigenvalue weighted by Gasteiger charge is -2.12. The number of carboxylic acids is 2. The average molecular weight is 274 g/mol. The van der Waals surface area contributed by atoms with Crippen molar-refractivity contribution in [2.45, 2.75) is 0 Å². The molecule has 102 valence electrons. The normalized spacial score (nSPS) is 9.10. The number of aromatic carboxylic acids is 2. The molecule has 0 aromatic heterocycles. The zero-order chi connectivity index (χ0) is 15.1. The molecule has 0 saturated carbocycles. The Labute approximate surface area is 114 Å². The smallest absolute Gasteiger partial charge is 0.339 e. The molecule has 0 aliphatic carbocycles. The Morgan fingerprint density at radius 2 is 1.30 bits per heavy atom. The predicted molar refractivity (Wildman–Crippen MR) is 69.0 cm³/mol. The second-order valence-electron chi connectivity index (χ2n) is 3.44. The predicted octanol–water partition coefficient (Wildman–Crippen LogP) is 1.11. The van der Waals surface area contributed by atoms with Crippen LogP contribution in [0.25, 0.3) is 0 Å². The minimum absolute atomic E-state index is 0.152. The molecule has 2 N–H and O–H groups in total. The summed E-state index contributed by atoms with van der Waals surface area (Å²) in [5, 5.41) is 18.1. The van der Waals surface area contributed by atoms with E-state index in [0.717, 1.165) is 12.1 Å². The number of hydrogen-bond donors (Lipinski definition) is 2. The van der Waals surface area contributed by atoms with E-state index >= 15 is 0 Å². The molecular formula is C14H10O6. The maximum absolute atomic E-state index is 11.1. The molecule has 0 fully saturated rings. The van der Waals surface area contributed by atoms with E-state index in [0.29, 0.717) is 0 Å². The topological polar surface area (TPSA) is 93.1 Å². The minimum Gasteiger partial charge on any atom is -0.480 e. The second-order valence-corrected chi connectivity index (χ2v) is 3.44. The van der Waals surface area contributed by atoms with Crippen LogP contribution in [0.15, 0.2) is 12.1 Å². The van der Waals surface area contributed by atoms with Gasteiger partial charge in [-0.3, -0.25) is 0 Å². The third kappa shape index (κ3) is 3.44. The molecule has 1 rings (SSSR count). The summed E-state index contributed by atoms with van der Waals surface area (Å²) in [7, 11) is 0. The summed E-state index contributed by atoms with van der Waals surface area (Å²) in [6.07, 6.45) is 10.0. The molecule has 0 atom stereocenters. The highest BCUT2D eigenvalue weighted by atomic mass is 16.5. The van der Waals surface area contributed by atoms with E-state index in [2.05, 4.69) is 11.8 Å². The van der Waals surface area contributed by atoms with Gasteiger partial charge in [0.25, 0.3) is 0 Å². The fourth-order valence-electron chi connectivity index (χ4n) is 1.37. The fraction of sp³-hybridized carbons (Fsp3) is 0.143. The molecule has 0 spiro atoms. The van der Waals surface area contributed by atoms with E-state index in [9.17, 15) is 9.59 Å². The zero-order valence-electron chi connectivity index (χ0n) is 10.3. The number of carboxylic acid groups (broad SMARTS) is 2. The van der Waals surface area contributed by atoms with Crippen molar-refractivity contribution in [2.24, 2.45) is 0 Å². The van der Waals surface area contributed by atoms with Gasteiger partial charge < -0.3 is 19.7 Å². The van der Waals surface area contributed by atoms with Crippen molar-refractivity contribution in [1.82, 2.24) is 0 Å². The molecule has 6 heteroatoms. The molecule has 0 amide bonds. The first-order valence-corrected chi connectivity index (χ1v) is 5.28. The Balaban J connectivity index is 3.35. The van der Waals surface area contributed by atoms with Crippen molar-refractivity contribution in [1.29, 1.82) is 0 Å². The van der Waals surface area contributed by atoms with Gasteiger partial charge in [-0.1, -0.05) is 11.8 Å². The van der Waals surface area contributed by atoms with Crippen LogP contribution in [0.3, 0.4) is 0 Å². The van der Waals surface area contributed by atoms with Crippen LogP contribution in [-0.4, -0.2) is 35.4 Å². The van der Waals surface area contributed by atoms with Crippen LogP contribution in [0, 0.1) is 24.7 Å². The SMILES string of the molecule is C#CCOc1cc(C(=O)O)c(OCC#C)cc1C(=O)O. The molecule has 0 aliphatic heterocycles. The first kappa shape index (κ1) is 14.9. The van der Waals surface area contributed by atoms with Gasteiger partial charge in [0.15, 0.2) is 0 Å². The molecule has 1 aromatic rings. The highest BCUT2D eigenvalue weighted by Crippen LogP contribution is 2.29. The van der Waals surface area contributed by atoms with Gasteiger partial charge >= 0.3 is 11.9 Å². The van der Waals surface area contributed by atoms with Gasteiger partial charge in [0, 0.05) is 0 Å². The van der Waals surface area contributed by atoms with Crippen molar-refractivity contribution >= 4 is 11.9 Å². The number of carbonyl (C=O) groups is 2. The number of hydrogen-bond acceptors (Lipinski definition) is 4. The second kappa shape index (κ2) is 6.72. The van der Waals surface area contributed by atoms with Crippen molar-refractivity contribution in [3.8, 4) is 36.2 Å². The maximum Gasteiger partial charge on any atom is 0.339 e. The summed E-state index contributed by atoms with van der Waals surface area (Å²) in [6, 6.07) is 2.07. The molecule has 1 aromatic carbocycles. The molecule has 0 bridgehead atoms. The van der Waals surface area contributed by atoms with E-state index in [1.165, 1.54) is 0 Å². The molecule has 0 unspecified atom stereocenters. The summed E-state index contributed by atoms with van der Waals surface area (Å²) in [5.74, 6) is 1.40. The zero-order valence-corrected chi connectivity index (χ0v) is 10.3. The Hall–Kier alpha value is -3.12. The summed E-state index contributed by atoms with van der Waals surface area (Å²) in [5.41, 5.74) is -0.533. The van der Waals surface area contributed by atoms with E-state index in [1.807, 2.05) is 0 Å². The highest BCUT2D eigenvalue weighted by Gasteiger charge is 2.20. The largest absolute Gasteiger partial charge is 0.480 e. The number of rotatable bonds is 6. The van der Waals surface area contributed by atoms with Gasteiger partial charge in [-0.25, -0.2) is 9.59 Å². The highest BCUT2D eigenvalue weighted by molar-refractivity contribution is 5.97. The van der Waals surface area contributed by atoms with Crippen molar-refractivity contribution in [3.05, 3.63) is 23.3 Å². The van der Waals surface area contributed by atoms with Crippen LogP contribution in [0.1, 0.15) is 20.7 Å². The molecule has 0 saturated heterocycles. The molecule has 0 radical (unpaired) electrons. The first-order valence-electron chi connectivity index (χ1n) is 5.28. The monoisotopic (exact) mass is 274 g/mol. The maximum atomic E-state index is 11.1. The average Bonchev–Trinajstić information content (AvgIpc) is 2.42. The summed E-state index contributed by atoms with van der Waals surface area (Å²) >= 11 is 0. The summed E-state index contributed by atoms with van der Waals surface area (Å²) in [4.78, 5) is 22.2. The number of ether oxygens (including phenoxy) is 2. The summed E-state index contributed by atoms with van der Waals surface area (Å²) < 4.78 is 10.0. The fourth-order valence-corrected chi connectivity index (χ4v) is 1.37. The van der Waals surface area contributed by atoms with Gasteiger partial charge in [-0.05, 0) is 12.1 Å². The minimum atomic E-state index is -1.31. The van der Waals surface area contributed by atoms with Crippen molar-refractivity contribution in [2.75, 3.05) is 13.2 Å². The van der Waals surface area contributed by atoms with Crippen LogP contribution >= 0.6 is 0 Å². The Morgan fingerprint density at radius 1 is 0.950 bits per heavy atom. The Kier molecular flexibility index (Phi) is 5.02. The van der Waals surface area contributed by atoms with Gasteiger partial charge in [-0.2, -0.15) is 0 Å². The van der Waals surface area contributed by atoms with Crippen molar-refractivity contribution in [3.63, 3.8) is 0 Å². The molecule has 6 nitrogen and oxygen atoms in total. The van der Waals surface area contributed by atoms with Crippen LogP contribution < -0.4 is 9.47 Å². The molecule has 0 heterocycles. The van der Waals surface area contributed by atoms with Gasteiger partial charge in [0.05, 0.1) is 0 Å². The van der Waals surface area contributed by atoms with Crippen LogP contribution in [0.5, 0.6) is 11.5 Å². The third-order valence-electron chi connectivity index (χ3n) is 2.16. The van der Waals surface area contributed by atoms with E-state index in [1.54, 1.807) is 0 Å². The standard InChI is InChI=1S/C14H10O6/c1-3-5-19-11-7-10(14(17)18)12(20-6-4-2)8-9(11)13(15)16/h1-2,7-8H,5-6H2,(H,15,16)(H,17,18). The molecule has 0 aliphatic rings. The molecule has 20 heavy (non-hydrogen) atoms. The first-order chi connectivity index (χ1) is 9.51. The van der Waals surface area contributed by atoms with Gasteiger partial charge in [-0.15, -0.1) is 12.8 Å². The van der Waals surface area contributed by atoms with E-state index in [4.69, 9.17) is 32.5 Å². The van der Waals surface area contributed by atoms with Crippen LogP contribution in [0.2, 0.25) is 0 Å². The lowest BCUT2D eigenvalue weighted by molar-refractivity contribution is 0.0674. The van der Waals surface area contributed by atoms with E-state index < -0.39 is 11.9 Å². The summed E-state index contributed by atoms with van der Waals surface area (Å²) in [6.45, 7) is -0.381. The number of terminal acetylenes is 2. The third-order valence-corrected chi connectivity index (χ3v) is 2.16.